The molecule has 0 aliphatic rings. The van der Waals surface area contributed by atoms with Crippen molar-refractivity contribution >= 4 is 21.9 Å². The van der Waals surface area contributed by atoms with Crippen LogP contribution in [0.2, 0.25) is 0 Å². The number of methoxy groups -OCH3 is 1. The zero-order valence-corrected chi connectivity index (χ0v) is 14.7. The maximum atomic E-state index is 5.17. The highest BCUT2D eigenvalue weighted by Crippen LogP contribution is 2.24. The monoisotopic (exact) mass is 371 g/mol. The molecule has 0 aliphatic heterocycles. The van der Waals surface area contributed by atoms with Crippen LogP contribution in [0.25, 0.3) is 11.3 Å². The molecule has 1 heterocycles. The van der Waals surface area contributed by atoms with Crippen molar-refractivity contribution in [2.75, 3.05) is 12.4 Å². The molecule has 0 atom stereocenters. The van der Waals surface area contributed by atoms with E-state index in [0.29, 0.717) is 6.54 Å². The topological polar surface area (TPSA) is 39.1 Å². The van der Waals surface area contributed by atoms with E-state index in [4.69, 9.17) is 4.74 Å². The SMILES string of the molecule is COc1ccc(CNc2ncc(-c3ccc(Br)cc3)n2C)cc1. The van der Waals surface area contributed by atoms with Gasteiger partial charge in [-0.25, -0.2) is 4.98 Å². The van der Waals surface area contributed by atoms with Crippen molar-refractivity contribution in [1.29, 1.82) is 0 Å². The van der Waals surface area contributed by atoms with E-state index in [1.54, 1.807) is 7.11 Å². The Morgan fingerprint density at radius 1 is 1.09 bits per heavy atom. The van der Waals surface area contributed by atoms with Gasteiger partial charge < -0.3 is 14.6 Å². The molecule has 5 heteroatoms. The number of halogens is 1. The summed E-state index contributed by atoms with van der Waals surface area (Å²) in [4.78, 5) is 4.48. The number of anilines is 1. The lowest BCUT2D eigenvalue weighted by atomic mass is 10.2. The van der Waals surface area contributed by atoms with Crippen LogP contribution in [-0.4, -0.2) is 16.7 Å². The van der Waals surface area contributed by atoms with Crippen molar-refractivity contribution in [2.24, 2.45) is 7.05 Å². The van der Waals surface area contributed by atoms with Crippen LogP contribution < -0.4 is 10.1 Å². The highest BCUT2D eigenvalue weighted by Gasteiger charge is 2.08. The first kappa shape index (κ1) is 15.6. The number of nitrogens with zero attached hydrogens (tertiary/aromatic N) is 2. The Kier molecular flexibility index (Phi) is 4.67. The third-order valence-corrected chi connectivity index (χ3v) is 4.27. The Morgan fingerprint density at radius 3 is 2.43 bits per heavy atom. The average Bonchev–Trinajstić information content (AvgIpc) is 2.95. The number of benzene rings is 2. The molecule has 1 aromatic heterocycles. The van der Waals surface area contributed by atoms with Crippen molar-refractivity contribution in [1.82, 2.24) is 9.55 Å². The summed E-state index contributed by atoms with van der Waals surface area (Å²) >= 11 is 3.46. The zero-order chi connectivity index (χ0) is 16.2. The fraction of sp³-hybridized carbons (Fsp3) is 0.167. The minimum atomic E-state index is 0.717. The van der Waals surface area contributed by atoms with Gasteiger partial charge >= 0.3 is 0 Å². The molecule has 118 valence electrons. The molecule has 0 aliphatic carbocycles. The van der Waals surface area contributed by atoms with Crippen LogP contribution in [0.3, 0.4) is 0 Å². The molecule has 0 amide bonds. The number of ether oxygens (including phenoxy) is 1. The summed E-state index contributed by atoms with van der Waals surface area (Å²) in [5, 5.41) is 3.37. The lowest BCUT2D eigenvalue weighted by Gasteiger charge is -2.09. The van der Waals surface area contributed by atoms with Crippen LogP contribution in [0, 0.1) is 0 Å². The van der Waals surface area contributed by atoms with E-state index in [-0.39, 0.29) is 0 Å². The van der Waals surface area contributed by atoms with Crippen LogP contribution >= 0.6 is 15.9 Å². The maximum Gasteiger partial charge on any atom is 0.203 e. The summed E-state index contributed by atoms with van der Waals surface area (Å²) in [7, 11) is 3.69. The predicted molar refractivity (Wildman–Crippen MR) is 96.7 cm³/mol. The molecule has 2 aromatic carbocycles. The van der Waals surface area contributed by atoms with Crippen molar-refractivity contribution in [3.8, 4) is 17.0 Å². The second kappa shape index (κ2) is 6.87. The first-order valence-corrected chi connectivity index (χ1v) is 8.11. The number of hydrogen-bond donors (Lipinski definition) is 1. The first-order chi connectivity index (χ1) is 11.2. The standard InChI is InChI=1S/C18H18BrN3O/c1-22-17(14-5-7-15(19)8-6-14)12-21-18(22)20-11-13-3-9-16(23-2)10-4-13/h3-10,12H,11H2,1-2H3,(H,20,21). The van der Waals surface area contributed by atoms with Gasteiger partial charge in [0.2, 0.25) is 5.95 Å². The molecule has 0 saturated heterocycles. The number of hydrogen-bond acceptors (Lipinski definition) is 3. The summed E-state index contributed by atoms with van der Waals surface area (Å²) in [6, 6.07) is 16.2. The second-order valence-electron chi connectivity index (χ2n) is 5.23. The number of rotatable bonds is 5. The third-order valence-electron chi connectivity index (χ3n) is 3.74. The van der Waals surface area contributed by atoms with E-state index in [1.165, 1.54) is 5.56 Å². The summed E-state index contributed by atoms with van der Waals surface area (Å²) < 4.78 is 8.30. The Morgan fingerprint density at radius 2 is 1.78 bits per heavy atom. The highest BCUT2D eigenvalue weighted by atomic mass is 79.9. The van der Waals surface area contributed by atoms with Crippen molar-refractivity contribution in [2.45, 2.75) is 6.54 Å². The third kappa shape index (κ3) is 3.56. The fourth-order valence-electron chi connectivity index (χ4n) is 2.39. The normalized spacial score (nSPS) is 10.6. The van der Waals surface area contributed by atoms with Crippen LogP contribution in [-0.2, 0) is 13.6 Å². The Bertz CT molecular complexity index is 779. The fourth-order valence-corrected chi connectivity index (χ4v) is 2.65. The maximum absolute atomic E-state index is 5.17. The van der Waals surface area contributed by atoms with Crippen LogP contribution in [0.1, 0.15) is 5.56 Å². The van der Waals surface area contributed by atoms with Gasteiger partial charge in [0.25, 0.3) is 0 Å². The number of nitrogens with one attached hydrogen (secondary N) is 1. The van der Waals surface area contributed by atoms with E-state index >= 15 is 0 Å². The zero-order valence-electron chi connectivity index (χ0n) is 13.1. The second-order valence-corrected chi connectivity index (χ2v) is 6.15. The molecule has 1 N–H and O–H groups in total. The molecule has 0 saturated carbocycles. The van der Waals surface area contributed by atoms with Gasteiger partial charge in [0.1, 0.15) is 5.75 Å². The van der Waals surface area contributed by atoms with Crippen molar-refractivity contribution < 1.29 is 4.74 Å². The van der Waals surface area contributed by atoms with E-state index < -0.39 is 0 Å². The molecule has 4 nitrogen and oxygen atoms in total. The summed E-state index contributed by atoms with van der Waals surface area (Å²) in [5.74, 6) is 1.71. The molecule has 0 radical (unpaired) electrons. The first-order valence-electron chi connectivity index (χ1n) is 7.32. The van der Waals surface area contributed by atoms with Gasteiger partial charge in [-0.3, -0.25) is 0 Å². The number of aromatic nitrogens is 2. The van der Waals surface area contributed by atoms with E-state index in [1.807, 2.05) is 49.6 Å². The lowest BCUT2D eigenvalue weighted by Crippen LogP contribution is -2.05. The van der Waals surface area contributed by atoms with Gasteiger partial charge in [0.05, 0.1) is 19.0 Å². The lowest BCUT2D eigenvalue weighted by molar-refractivity contribution is 0.414. The molecule has 3 rings (SSSR count). The summed E-state index contributed by atoms with van der Waals surface area (Å²) in [6.07, 6.45) is 1.89. The summed E-state index contributed by atoms with van der Waals surface area (Å²) in [6.45, 7) is 0.717. The van der Waals surface area contributed by atoms with E-state index in [9.17, 15) is 0 Å². The van der Waals surface area contributed by atoms with Crippen LogP contribution in [0.5, 0.6) is 5.75 Å². The number of imidazole rings is 1. The Labute approximate surface area is 144 Å². The Balaban J connectivity index is 1.72. The molecule has 0 spiro atoms. The van der Waals surface area contributed by atoms with Crippen LogP contribution in [0.15, 0.2) is 59.2 Å². The van der Waals surface area contributed by atoms with Crippen molar-refractivity contribution in [3.05, 3.63) is 64.8 Å². The molecule has 0 bridgehead atoms. The smallest absolute Gasteiger partial charge is 0.203 e. The Hall–Kier alpha value is -2.27. The van der Waals surface area contributed by atoms with E-state index in [2.05, 4.69) is 42.9 Å². The molecule has 0 fully saturated rings. The molecule has 23 heavy (non-hydrogen) atoms. The molecule has 0 unspecified atom stereocenters. The van der Waals surface area contributed by atoms with Gasteiger partial charge in [-0.2, -0.15) is 0 Å². The minimum absolute atomic E-state index is 0.717. The molecular weight excluding hydrogens is 354 g/mol. The van der Waals surface area contributed by atoms with Gasteiger partial charge in [-0.05, 0) is 35.4 Å². The predicted octanol–water partition coefficient (Wildman–Crippen LogP) is 4.47. The summed E-state index contributed by atoms with van der Waals surface area (Å²) in [5.41, 5.74) is 3.40. The minimum Gasteiger partial charge on any atom is -0.497 e. The highest BCUT2D eigenvalue weighted by molar-refractivity contribution is 9.10. The largest absolute Gasteiger partial charge is 0.497 e. The van der Waals surface area contributed by atoms with Crippen LogP contribution in [0.4, 0.5) is 5.95 Å². The average molecular weight is 372 g/mol. The van der Waals surface area contributed by atoms with Gasteiger partial charge in [-0.15, -0.1) is 0 Å². The van der Waals surface area contributed by atoms with Gasteiger partial charge in [-0.1, -0.05) is 40.2 Å². The quantitative estimate of drug-likeness (QED) is 0.718. The molecular formula is C18H18BrN3O. The van der Waals surface area contributed by atoms with Gasteiger partial charge in [0.15, 0.2) is 0 Å². The van der Waals surface area contributed by atoms with Gasteiger partial charge in [0, 0.05) is 18.1 Å². The van der Waals surface area contributed by atoms with E-state index in [0.717, 1.165) is 27.4 Å². The molecule has 3 aromatic rings. The van der Waals surface area contributed by atoms with Crippen molar-refractivity contribution in [3.63, 3.8) is 0 Å².